The molecular weight excluding hydrogens is 210 g/mol. The fraction of sp³-hybridized carbons (Fsp3) is 0.250. The highest BCUT2D eigenvalue weighted by Crippen LogP contribution is 2.16. The van der Waals surface area contributed by atoms with Gasteiger partial charge in [0.1, 0.15) is 5.69 Å². The first-order valence-corrected chi connectivity index (χ1v) is 5.14. The van der Waals surface area contributed by atoms with Crippen LogP contribution in [0.4, 0.5) is 8.78 Å². The molecule has 1 aromatic heterocycles. The Labute approximate surface area is 93.5 Å². The van der Waals surface area contributed by atoms with Crippen molar-refractivity contribution < 1.29 is 8.78 Å². The van der Waals surface area contributed by atoms with Gasteiger partial charge < -0.3 is 0 Å². The molecule has 0 fully saturated rings. The van der Waals surface area contributed by atoms with Crippen LogP contribution in [0.5, 0.6) is 0 Å². The normalized spacial score (nSPS) is 9.56. The Morgan fingerprint density at radius 2 is 1.69 bits per heavy atom. The first-order valence-electron chi connectivity index (χ1n) is 5.14. The van der Waals surface area contributed by atoms with Gasteiger partial charge in [-0.05, 0) is 24.6 Å². The van der Waals surface area contributed by atoms with Crippen molar-refractivity contribution in [3.05, 3.63) is 47.8 Å². The van der Waals surface area contributed by atoms with Gasteiger partial charge in [-0.2, -0.15) is 5.10 Å². The van der Waals surface area contributed by atoms with Crippen LogP contribution in [0.3, 0.4) is 0 Å². The number of hydrogen-bond acceptors (Lipinski definition) is 1. The predicted octanol–water partition coefficient (Wildman–Crippen LogP) is 3.49. The Hall–Kier alpha value is -1.71. The first-order chi connectivity index (χ1) is 7.68. The van der Waals surface area contributed by atoms with Crippen LogP contribution in [0, 0.1) is 18.6 Å². The Morgan fingerprint density at radius 1 is 1.12 bits per heavy atom. The molecule has 1 aromatic carbocycles. The molecule has 2 rings (SSSR count). The number of benzene rings is 1. The lowest BCUT2D eigenvalue weighted by Gasteiger charge is -2.03. The lowest BCUT2D eigenvalue weighted by atomic mass is 10.3. The van der Waals surface area contributed by atoms with Crippen LogP contribution in [0.25, 0.3) is 5.69 Å². The highest BCUT2D eigenvalue weighted by atomic mass is 19.1. The molecule has 0 amide bonds. The average Bonchev–Trinajstić information content (AvgIpc) is 2.68. The van der Waals surface area contributed by atoms with Crippen molar-refractivity contribution in [2.24, 2.45) is 0 Å². The van der Waals surface area contributed by atoms with E-state index in [1.807, 2.05) is 20.8 Å². The van der Waals surface area contributed by atoms with E-state index in [0.717, 1.165) is 5.56 Å². The second-order valence-corrected chi connectivity index (χ2v) is 3.03. The summed E-state index contributed by atoms with van der Waals surface area (Å²) in [6, 6.07) is 3.73. The molecular formula is C12H14F2N2. The topological polar surface area (TPSA) is 17.8 Å². The number of aryl methyl sites for hydroxylation is 1. The zero-order valence-electron chi connectivity index (χ0n) is 9.54. The van der Waals surface area contributed by atoms with Gasteiger partial charge in [-0.15, -0.1) is 0 Å². The molecule has 0 aliphatic rings. The summed E-state index contributed by atoms with van der Waals surface area (Å²) in [6.07, 6.45) is 3.12. The number of rotatable bonds is 1. The number of para-hydroxylation sites is 1. The quantitative estimate of drug-likeness (QED) is 0.725. The van der Waals surface area contributed by atoms with Crippen molar-refractivity contribution in [3.63, 3.8) is 0 Å². The van der Waals surface area contributed by atoms with Crippen LogP contribution in [0.2, 0.25) is 0 Å². The van der Waals surface area contributed by atoms with E-state index in [2.05, 4.69) is 5.10 Å². The minimum atomic E-state index is -0.617. The average molecular weight is 224 g/mol. The van der Waals surface area contributed by atoms with Crippen molar-refractivity contribution in [3.8, 4) is 5.69 Å². The van der Waals surface area contributed by atoms with Gasteiger partial charge in [-0.1, -0.05) is 19.9 Å². The van der Waals surface area contributed by atoms with Crippen LogP contribution in [-0.2, 0) is 0 Å². The molecule has 4 heteroatoms. The molecule has 1 heterocycles. The zero-order chi connectivity index (χ0) is 12.1. The lowest BCUT2D eigenvalue weighted by Crippen LogP contribution is -2.01. The largest absolute Gasteiger partial charge is 0.235 e. The molecule has 2 nitrogen and oxygen atoms in total. The minimum Gasteiger partial charge on any atom is -0.235 e. The van der Waals surface area contributed by atoms with E-state index in [4.69, 9.17) is 0 Å². The summed E-state index contributed by atoms with van der Waals surface area (Å²) in [7, 11) is 0. The van der Waals surface area contributed by atoms with E-state index in [1.54, 1.807) is 12.4 Å². The van der Waals surface area contributed by atoms with Gasteiger partial charge in [0.2, 0.25) is 0 Å². The molecule has 0 bridgehead atoms. The molecule has 0 unspecified atom stereocenters. The summed E-state index contributed by atoms with van der Waals surface area (Å²) < 4.78 is 27.7. The summed E-state index contributed by atoms with van der Waals surface area (Å²) in [5.74, 6) is -1.23. The van der Waals surface area contributed by atoms with Gasteiger partial charge in [0.15, 0.2) is 11.6 Å². The minimum absolute atomic E-state index is 0.138. The molecule has 0 N–H and O–H groups in total. The van der Waals surface area contributed by atoms with Gasteiger partial charge >= 0.3 is 0 Å². The smallest absolute Gasteiger partial charge is 0.151 e. The molecule has 0 aliphatic carbocycles. The summed E-state index contributed by atoms with van der Waals surface area (Å²) in [6.45, 7) is 5.81. The van der Waals surface area contributed by atoms with E-state index in [-0.39, 0.29) is 5.69 Å². The van der Waals surface area contributed by atoms with Gasteiger partial charge in [0, 0.05) is 6.20 Å². The number of hydrogen-bond donors (Lipinski definition) is 0. The third-order valence-electron chi connectivity index (χ3n) is 1.88. The molecule has 0 saturated heterocycles. The number of aromatic nitrogens is 2. The Bertz CT molecular complexity index is 444. The first kappa shape index (κ1) is 12.4. The zero-order valence-corrected chi connectivity index (χ0v) is 9.54. The van der Waals surface area contributed by atoms with Gasteiger partial charge in [-0.3, -0.25) is 0 Å². The van der Waals surface area contributed by atoms with Gasteiger partial charge in [0.25, 0.3) is 0 Å². The molecule has 0 aliphatic heterocycles. The number of nitrogens with zero attached hydrogens (tertiary/aromatic N) is 2. The maximum absolute atomic E-state index is 13.2. The van der Waals surface area contributed by atoms with Crippen LogP contribution in [-0.4, -0.2) is 9.78 Å². The molecule has 0 saturated carbocycles. The van der Waals surface area contributed by atoms with Crippen LogP contribution in [0.15, 0.2) is 30.6 Å². The van der Waals surface area contributed by atoms with E-state index in [1.165, 1.54) is 22.9 Å². The second-order valence-electron chi connectivity index (χ2n) is 3.03. The summed E-state index contributed by atoms with van der Waals surface area (Å²) in [5.41, 5.74) is 0.716. The van der Waals surface area contributed by atoms with Gasteiger partial charge in [-0.25, -0.2) is 13.5 Å². The molecule has 2 aromatic rings. The molecule has 0 radical (unpaired) electrons. The lowest BCUT2D eigenvalue weighted by molar-refractivity contribution is 0.560. The van der Waals surface area contributed by atoms with E-state index in [0.29, 0.717) is 0 Å². The van der Waals surface area contributed by atoms with Crippen molar-refractivity contribution in [2.45, 2.75) is 20.8 Å². The molecule has 0 spiro atoms. The SMILES string of the molecule is CC.Cc1cnn(-c2c(F)cccc2F)c1. The van der Waals surface area contributed by atoms with Crippen LogP contribution in [0.1, 0.15) is 19.4 Å². The van der Waals surface area contributed by atoms with Gasteiger partial charge in [0.05, 0.1) is 6.20 Å². The summed E-state index contributed by atoms with van der Waals surface area (Å²) in [5, 5.41) is 3.84. The number of halogens is 2. The summed E-state index contributed by atoms with van der Waals surface area (Å²) in [4.78, 5) is 0. The fourth-order valence-electron chi connectivity index (χ4n) is 1.24. The van der Waals surface area contributed by atoms with E-state index < -0.39 is 11.6 Å². The second kappa shape index (κ2) is 5.39. The van der Waals surface area contributed by atoms with Crippen molar-refractivity contribution >= 4 is 0 Å². The third kappa shape index (κ3) is 2.45. The Morgan fingerprint density at radius 3 is 2.12 bits per heavy atom. The van der Waals surface area contributed by atoms with Crippen molar-refractivity contribution in [1.29, 1.82) is 0 Å². The standard InChI is InChI=1S/C10H8F2N2.C2H6/c1-7-5-13-14(6-7)10-8(11)3-2-4-9(10)12;1-2/h2-6H,1H3;1-2H3. The summed E-state index contributed by atoms with van der Waals surface area (Å²) >= 11 is 0. The van der Waals surface area contributed by atoms with Crippen LogP contribution >= 0.6 is 0 Å². The molecule has 16 heavy (non-hydrogen) atoms. The third-order valence-corrected chi connectivity index (χ3v) is 1.88. The monoisotopic (exact) mass is 224 g/mol. The fourth-order valence-corrected chi connectivity index (χ4v) is 1.24. The Kier molecular flexibility index (Phi) is 4.17. The molecule has 0 atom stereocenters. The Balaban J connectivity index is 0.000000606. The maximum atomic E-state index is 13.2. The maximum Gasteiger partial charge on any atom is 0.151 e. The highest BCUT2D eigenvalue weighted by Gasteiger charge is 2.10. The van der Waals surface area contributed by atoms with Crippen molar-refractivity contribution in [2.75, 3.05) is 0 Å². The van der Waals surface area contributed by atoms with E-state index in [9.17, 15) is 8.78 Å². The van der Waals surface area contributed by atoms with E-state index >= 15 is 0 Å². The van der Waals surface area contributed by atoms with Crippen LogP contribution < -0.4 is 0 Å². The molecule has 86 valence electrons. The highest BCUT2D eigenvalue weighted by molar-refractivity contribution is 5.34. The predicted molar refractivity (Wildman–Crippen MR) is 59.6 cm³/mol. The van der Waals surface area contributed by atoms with Crippen molar-refractivity contribution in [1.82, 2.24) is 9.78 Å².